The Balaban J connectivity index is 2.01. The fourth-order valence-corrected chi connectivity index (χ4v) is 2.05. The zero-order valence-corrected chi connectivity index (χ0v) is 12.8. The zero-order valence-electron chi connectivity index (χ0n) is 12.8. The maximum atomic E-state index is 12.7. The quantitative estimate of drug-likeness (QED) is 0.522. The van der Waals surface area contributed by atoms with Crippen molar-refractivity contribution in [3.8, 4) is 5.75 Å². The Morgan fingerprint density at radius 3 is 3.00 bits per heavy atom. The SMILES string of the molecule is C=CCOc1ccc2nc(/C=C/CCCC(C)F)cnc2c1. The number of rotatable bonds is 8. The van der Waals surface area contributed by atoms with E-state index in [-0.39, 0.29) is 0 Å². The molecule has 0 saturated heterocycles. The molecule has 1 aromatic carbocycles. The molecule has 2 aromatic rings. The third kappa shape index (κ3) is 4.95. The maximum absolute atomic E-state index is 12.7. The number of nitrogens with zero attached hydrogens (tertiary/aromatic N) is 2. The van der Waals surface area contributed by atoms with Crippen molar-refractivity contribution in [2.24, 2.45) is 0 Å². The van der Waals surface area contributed by atoms with Crippen LogP contribution in [0, 0.1) is 0 Å². The Morgan fingerprint density at radius 1 is 1.36 bits per heavy atom. The molecule has 0 N–H and O–H groups in total. The smallest absolute Gasteiger partial charge is 0.122 e. The zero-order chi connectivity index (χ0) is 15.8. The molecule has 0 radical (unpaired) electrons. The minimum atomic E-state index is -0.730. The van der Waals surface area contributed by atoms with Gasteiger partial charge in [-0.15, -0.1) is 0 Å². The number of fused-ring (bicyclic) bond motifs is 1. The van der Waals surface area contributed by atoms with E-state index >= 15 is 0 Å². The molecule has 3 nitrogen and oxygen atoms in total. The number of halogens is 1. The summed E-state index contributed by atoms with van der Waals surface area (Å²) in [5.41, 5.74) is 2.43. The summed E-state index contributed by atoms with van der Waals surface area (Å²) in [7, 11) is 0. The lowest BCUT2D eigenvalue weighted by atomic mass is 10.2. The third-order valence-corrected chi connectivity index (χ3v) is 3.16. The highest BCUT2D eigenvalue weighted by Crippen LogP contribution is 2.18. The van der Waals surface area contributed by atoms with Crippen LogP contribution in [0.3, 0.4) is 0 Å². The van der Waals surface area contributed by atoms with Gasteiger partial charge < -0.3 is 4.74 Å². The van der Waals surface area contributed by atoms with Crippen LogP contribution < -0.4 is 4.74 Å². The van der Waals surface area contributed by atoms with Crippen molar-refractivity contribution in [1.82, 2.24) is 9.97 Å². The predicted molar refractivity (Wildman–Crippen MR) is 88.7 cm³/mol. The molecule has 0 saturated carbocycles. The Morgan fingerprint density at radius 2 is 2.23 bits per heavy atom. The molecule has 116 valence electrons. The van der Waals surface area contributed by atoms with E-state index in [1.165, 1.54) is 0 Å². The molecule has 1 aromatic heterocycles. The minimum Gasteiger partial charge on any atom is -0.489 e. The van der Waals surface area contributed by atoms with Gasteiger partial charge in [0.1, 0.15) is 12.4 Å². The second-order valence-corrected chi connectivity index (χ2v) is 5.16. The molecule has 0 aliphatic rings. The Kier molecular flexibility index (Phi) is 6.07. The van der Waals surface area contributed by atoms with Crippen LogP contribution in [0.2, 0.25) is 0 Å². The van der Waals surface area contributed by atoms with Gasteiger partial charge in [0.2, 0.25) is 0 Å². The van der Waals surface area contributed by atoms with E-state index in [0.717, 1.165) is 35.3 Å². The summed E-state index contributed by atoms with van der Waals surface area (Å²) in [5, 5.41) is 0. The molecule has 0 fully saturated rings. The number of alkyl halides is 1. The topological polar surface area (TPSA) is 35.0 Å². The van der Waals surface area contributed by atoms with E-state index in [1.807, 2.05) is 30.4 Å². The van der Waals surface area contributed by atoms with Crippen LogP contribution in [-0.2, 0) is 0 Å². The van der Waals surface area contributed by atoms with Crippen LogP contribution in [-0.4, -0.2) is 22.7 Å². The standard InChI is InChI=1S/C18H21FN2O/c1-3-11-22-16-9-10-17-18(12-16)20-13-15(21-17)8-6-4-5-7-14(2)19/h3,6,8-10,12-14H,1,4-5,7,11H2,2H3/b8-6+. The second-order valence-electron chi connectivity index (χ2n) is 5.16. The largest absolute Gasteiger partial charge is 0.489 e. The lowest BCUT2D eigenvalue weighted by Crippen LogP contribution is -1.94. The van der Waals surface area contributed by atoms with Crippen LogP contribution in [0.5, 0.6) is 5.75 Å². The van der Waals surface area contributed by atoms with Gasteiger partial charge in [0.05, 0.1) is 29.1 Å². The molecule has 1 heterocycles. The molecular weight excluding hydrogens is 279 g/mol. The van der Waals surface area contributed by atoms with Crippen molar-refractivity contribution >= 4 is 17.1 Å². The number of hydrogen-bond acceptors (Lipinski definition) is 3. The molecule has 1 atom stereocenters. The van der Waals surface area contributed by atoms with E-state index in [0.29, 0.717) is 13.0 Å². The summed E-state index contributed by atoms with van der Waals surface area (Å²) in [4.78, 5) is 8.93. The van der Waals surface area contributed by atoms with Crippen molar-refractivity contribution in [2.75, 3.05) is 6.61 Å². The minimum absolute atomic E-state index is 0.469. The monoisotopic (exact) mass is 300 g/mol. The van der Waals surface area contributed by atoms with Gasteiger partial charge in [0.25, 0.3) is 0 Å². The highest BCUT2D eigenvalue weighted by molar-refractivity contribution is 5.76. The fourth-order valence-electron chi connectivity index (χ4n) is 2.05. The summed E-state index contributed by atoms with van der Waals surface area (Å²) in [6.45, 7) is 5.68. The van der Waals surface area contributed by atoms with Crippen LogP contribution in [0.1, 0.15) is 31.9 Å². The number of aromatic nitrogens is 2. The maximum Gasteiger partial charge on any atom is 0.122 e. The van der Waals surface area contributed by atoms with Gasteiger partial charge in [-0.05, 0) is 44.4 Å². The number of benzene rings is 1. The third-order valence-electron chi connectivity index (χ3n) is 3.16. The van der Waals surface area contributed by atoms with Crippen molar-refractivity contribution < 1.29 is 9.13 Å². The van der Waals surface area contributed by atoms with Gasteiger partial charge >= 0.3 is 0 Å². The molecule has 0 aliphatic heterocycles. The van der Waals surface area contributed by atoms with Crippen molar-refractivity contribution in [3.63, 3.8) is 0 Å². The molecular formula is C18H21FN2O. The van der Waals surface area contributed by atoms with E-state index < -0.39 is 6.17 Å². The van der Waals surface area contributed by atoms with Crippen molar-refractivity contribution in [2.45, 2.75) is 32.4 Å². The summed E-state index contributed by atoms with van der Waals surface area (Å²) in [6, 6.07) is 5.63. The van der Waals surface area contributed by atoms with E-state index in [9.17, 15) is 4.39 Å². The van der Waals surface area contributed by atoms with Crippen LogP contribution >= 0.6 is 0 Å². The van der Waals surface area contributed by atoms with Crippen LogP contribution in [0.4, 0.5) is 4.39 Å². The highest BCUT2D eigenvalue weighted by Gasteiger charge is 2.01. The second kappa shape index (κ2) is 8.27. The van der Waals surface area contributed by atoms with Crippen molar-refractivity contribution in [3.05, 3.63) is 48.8 Å². The molecule has 1 unspecified atom stereocenters. The number of unbranched alkanes of at least 4 members (excludes halogenated alkanes) is 1. The van der Waals surface area contributed by atoms with Gasteiger partial charge in [-0.1, -0.05) is 18.7 Å². The number of ether oxygens (including phenoxy) is 1. The highest BCUT2D eigenvalue weighted by atomic mass is 19.1. The van der Waals surface area contributed by atoms with Crippen LogP contribution in [0.25, 0.3) is 17.1 Å². The van der Waals surface area contributed by atoms with E-state index in [4.69, 9.17) is 4.74 Å². The molecule has 0 bridgehead atoms. The predicted octanol–water partition coefficient (Wildman–Crippen LogP) is 4.74. The van der Waals surface area contributed by atoms with Gasteiger partial charge in [0, 0.05) is 6.07 Å². The van der Waals surface area contributed by atoms with Crippen molar-refractivity contribution in [1.29, 1.82) is 0 Å². The lowest BCUT2D eigenvalue weighted by molar-refractivity contribution is 0.335. The van der Waals surface area contributed by atoms with E-state index in [2.05, 4.69) is 16.5 Å². The first-order valence-electron chi connectivity index (χ1n) is 7.50. The van der Waals surface area contributed by atoms with Crippen LogP contribution in [0.15, 0.2) is 43.1 Å². The Hall–Kier alpha value is -2.23. The molecule has 2 rings (SSSR count). The lowest BCUT2D eigenvalue weighted by Gasteiger charge is -2.04. The summed E-state index contributed by atoms with van der Waals surface area (Å²) >= 11 is 0. The average Bonchev–Trinajstić information content (AvgIpc) is 2.52. The fraction of sp³-hybridized carbons (Fsp3) is 0.333. The summed E-state index contributed by atoms with van der Waals surface area (Å²) < 4.78 is 18.1. The van der Waals surface area contributed by atoms with Gasteiger partial charge in [-0.2, -0.15) is 0 Å². The number of hydrogen-bond donors (Lipinski definition) is 0. The Bertz CT molecular complexity index is 653. The molecule has 0 spiro atoms. The molecule has 0 amide bonds. The normalized spacial score (nSPS) is 12.6. The van der Waals surface area contributed by atoms with E-state index in [1.54, 1.807) is 19.2 Å². The summed E-state index contributed by atoms with van der Waals surface area (Å²) in [6.07, 6.45) is 8.94. The first-order chi connectivity index (χ1) is 10.7. The number of allylic oxidation sites excluding steroid dienone is 1. The molecule has 0 aliphatic carbocycles. The average molecular weight is 300 g/mol. The first-order valence-corrected chi connectivity index (χ1v) is 7.50. The van der Waals surface area contributed by atoms with Gasteiger partial charge in [-0.25, -0.2) is 9.37 Å². The summed E-state index contributed by atoms with van der Waals surface area (Å²) in [5.74, 6) is 0.755. The van der Waals surface area contributed by atoms with Gasteiger partial charge in [-0.3, -0.25) is 4.98 Å². The Labute approximate surface area is 130 Å². The first kappa shape index (κ1) is 16.1. The van der Waals surface area contributed by atoms with Gasteiger partial charge in [0.15, 0.2) is 0 Å². The molecule has 22 heavy (non-hydrogen) atoms. The molecule has 4 heteroatoms.